The summed E-state index contributed by atoms with van der Waals surface area (Å²) in [5.74, 6) is 0.841. The second kappa shape index (κ2) is 11.7. The van der Waals surface area contributed by atoms with E-state index in [9.17, 15) is 9.59 Å². The Kier molecular flexibility index (Phi) is 8.74. The number of rotatable bonds is 11. The highest BCUT2D eigenvalue weighted by atomic mass is 16.5. The largest absolute Gasteiger partial charge is 0.489 e. The molecule has 0 spiro atoms. The Labute approximate surface area is 201 Å². The average Bonchev–Trinajstić information content (AvgIpc) is 2.80. The Morgan fingerprint density at radius 2 is 1.18 bits per heavy atom. The standard InChI is InChI=1S/C28H34O6/c1-6-20-13-14-23-24(17-20)28(34-19(5)16-26(30)32-8-3)22-12-10-9-11-21(22)27(23)33-18(4)15-25(29)31-7-2/h9-14,17-19H,6-8,15-16H2,1-5H3. The predicted molar refractivity (Wildman–Crippen MR) is 134 cm³/mol. The van der Waals surface area contributed by atoms with Crippen molar-refractivity contribution in [3.63, 3.8) is 0 Å². The number of benzene rings is 3. The molecule has 2 atom stereocenters. The van der Waals surface area contributed by atoms with E-state index in [1.807, 2.05) is 44.2 Å². The van der Waals surface area contributed by atoms with Crippen molar-refractivity contribution in [2.45, 2.75) is 66.1 Å². The van der Waals surface area contributed by atoms with Crippen molar-refractivity contribution >= 4 is 33.5 Å². The molecule has 0 aliphatic rings. The lowest BCUT2D eigenvalue weighted by Gasteiger charge is -2.23. The smallest absolute Gasteiger partial charge is 0.309 e. The Hall–Kier alpha value is -3.28. The van der Waals surface area contributed by atoms with E-state index >= 15 is 0 Å². The monoisotopic (exact) mass is 466 g/mol. The van der Waals surface area contributed by atoms with Crippen LogP contribution < -0.4 is 9.47 Å². The van der Waals surface area contributed by atoms with Crippen LogP contribution in [0, 0.1) is 0 Å². The number of carbonyl (C=O) groups is 2. The van der Waals surface area contributed by atoms with Crippen LogP contribution in [0.3, 0.4) is 0 Å². The van der Waals surface area contributed by atoms with Gasteiger partial charge in [0.2, 0.25) is 0 Å². The fraction of sp³-hybridized carbons (Fsp3) is 0.429. The third-order valence-corrected chi connectivity index (χ3v) is 5.55. The van der Waals surface area contributed by atoms with Crippen molar-refractivity contribution < 1.29 is 28.5 Å². The minimum Gasteiger partial charge on any atom is -0.489 e. The van der Waals surface area contributed by atoms with Crippen LogP contribution in [0.25, 0.3) is 21.5 Å². The summed E-state index contributed by atoms with van der Waals surface area (Å²) in [7, 11) is 0. The van der Waals surface area contributed by atoms with E-state index in [0.29, 0.717) is 24.7 Å². The van der Waals surface area contributed by atoms with Gasteiger partial charge in [0.25, 0.3) is 0 Å². The molecule has 0 heterocycles. The first-order valence-corrected chi connectivity index (χ1v) is 12.0. The second-order valence-electron chi connectivity index (χ2n) is 8.31. The molecule has 3 aromatic rings. The van der Waals surface area contributed by atoms with Crippen LogP contribution in [0.1, 0.15) is 53.0 Å². The minimum atomic E-state index is -0.370. The lowest BCUT2D eigenvalue weighted by Crippen LogP contribution is -2.20. The van der Waals surface area contributed by atoms with Crippen molar-refractivity contribution in [2.24, 2.45) is 0 Å². The van der Waals surface area contributed by atoms with E-state index in [2.05, 4.69) is 19.1 Å². The van der Waals surface area contributed by atoms with Crippen LogP contribution in [-0.2, 0) is 25.5 Å². The topological polar surface area (TPSA) is 71.1 Å². The first-order chi connectivity index (χ1) is 16.4. The van der Waals surface area contributed by atoms with Crippen LogP contribution in [0.2, 0.25) is 0 Å². The van der Waals surface area contributed by atoms with E-state index in [4.69, 9.17) is 18.9 Å². The van der Waals surface area contributed by atoms with Gasteiger partial charge < -0.3 is 18.9 Å². The number of esters is 2. The summed E-state index contributed by atoms with van der Waals surface area (Å²) in [5.41, 5.74) is 1.16. The summed E-state index contributed by atoms with van der Waals surface area (Å²) in [5, 5.41) is 3.57. The molecule has 0 bridgehead atoms. The van der Waals surface area contributed by atoms with Crippen molar-refractivity contribution in [3.8, 4) is 11.5 Å². The van der Waals surface area contributed by atoms with Crippen LogP contribution in [0.15, 0.2) is 42.5 Å². The highest BCUT2D eigenvalue weighted by Crippen LogP contribution is 2.44. The molecule has 0 aliphatic heterocycles. The van der Waals surface area contributed by atoms with Crippen LogP contribution in [-0.4, -0.2) is 37.4 Å². The fourth-order valence-corrected chi connectivity index (χ4v) is 4.02. The maximum absolute atomic E-state index is 12.0. The Bertz CT molecular complexity index is 1150. The van der Waals surface area contributed by atoms with Gasteiger partial charge in [-0.2, -0.15) is 0 Å². The molecule has 0 amide bonds. The summed E-state index contributed by atoms with van der Waals surface area (Å²) in [4.78, 5) is 24.0. The number of carbonyl (C=O) groups excluding carboxylic acids is 2. The molecule has 0 saturated carbocycles. The van der Waals surface area contributed by atoms with Crippen LogP contribution >= 0.6 is 0 Å². The first kappa shape index (κ1) is 25.3. The molecule has 182 valence electrons. The zero-order valence-corrected chi connectivity index (χ0v) is 20.7. The van der Waals surface area contributed by atoms with Gasteiger partial charge in [0.1, 0.15) is 23.7 Å². The Morgan fingerprint density at radius 1 is 0.706 bits per heavy atom. The molecule has 0 radical (unpaired) electrons. The van der Waals surface area contributed by atoms with Gasteiger partial charge in [-0.1, -0.05) is 43.3 Å². The highest BCUT2D eigenvalue weighted by molar-refractivity contribution is 6.11. The van der Waals surface area contributed by atoms with Gasteiger partial charge in [0.15, 0.2) is 0 Å². The van der Waals surface area contributed by atoms with Gasteiger partial charge in [0, 0.05) is 21.5 Å². The highest BCUT2D eigenvalue weighted by Gasteiger charge is 2.21. The Balaban J connectivity index is 2.10. The zero-order chi connectivity index (χ0) is 24.7. The molecule has 0 aromatic heterocycles. The summed E-state index contributed by atoms with van der Waals surface area (Å²) >= 11 is 0. The molecule has 34 heavy (non-hydrogen) atoms. The Morgan fingerprint density at radius 3 is 1.65 bits per heavy atom. The number of aryl methyl sites for hydroxylation is 1. The average molecular weight is 467 g/mol. The minimum absolute atomic E-state index is 0.158. The molecule has 3 rings (SSSR count). The third-order valence-electron chi connectivity index (χ3n) is 5.55. The van der Waals surface area contributed by atoms with E-state index in [-0.39, 0.29) is 37.0 Å². The van der Waals surface area contributed by atoms with Gasteiger partial charge in [0.05, 0.1) is 26.1 Å². The maximum Gasteiger partial charge on any atom is 0.309 e. The summed E-state index contributed by atoms with van der Waals surface area (Å²) in [6.45, 7) is 10.1. The lowest BCUT2D eigenvalue weighted by atomic mass is 9.98. The molecule has 0 saturated heterocycles. The molecular formula is C28H34O6. The number of hydrogen-bond donors (Lipinski definition) is 0. The summed E-state index contributed by atoms with van der Waals surface area (Å²) in [6.07, 6.45) is 0.449. The number of ether oxygens (including phenoxy) is 4. The van der Waals surface area contributed by atoms with Gasteiger partial charge >= 0.3 is 11.9 Å². The predicted octanol–water partition coefficient (Wildman–Crippen LogP) is 6.00. The summed E-state index contributed by atoms with van der Waals surface area (Å²) in [6, 6.07) is 14.1. The molecule has 0 fully saturated rings. The van der Waals surface area contributed by atoms with E-state index in [1.54, 1.807) is 13.8 Å². The quantitative estimate of drug-likeness (QED) is 0.255. The van der Waals surface area contributed by atoms with Gasteiger partial charge in [-0.05, 0) is 45.7 Å². The van der Waals surface area contributed by atoms with Crippen LogP contribution in [0.4, 0.5) is 0 Å². The van der Waals surface area contributed by atoms with Crippen molar-refractivity contribution in [2.75, 3.05) is 13.2 Å². The van der Waals surface area contributed by atoms with E-state index in [1.165, 1.54) is 0 Å². The van der Waals surface area contributed by atoms with Gasteiger partial charge in [-0.25, -0.2) is 0 Å². The second-order valence-corrected chi connectivity index (χ2v) is 8.31. The molecule has 6 nitrogen and oxygen atoms in total. The van der Waals surface area contributed by atoms with E-state index in [0.717, 1.165) is 33.5 Å². The van der Waals surface area contributed by atoms with Crippen molar-refractivity contribution in [1.82, 2.24) is 0 Å². The normalized spacial score (nSPS) is 12.9. The molecule has 0 aliphatic carbocycles. The van der Waals surface area contributed by atoms with Gasteiger partial charge in [-0.3, -0.25) is 9.59 Å². The SMILES string of the molecule is CCOC(=O)CC(C)Oc1c2ccccc2c(OC(C)CC(=O)OCC)c2cc(CC)ccc12. The van der Waals surface area contributed by atoms with Crippen molar-refractivity contribution in [3.05, 3.63) is 48.0 Å². The molecule has 0 N–H and O–H groups in total. The molecular weight excluding hydrogens is 432 g/mol. The lowest BCUT2D eigenvalue weighted by molar-refractivity contribution is -0.145. The van der Waals surface area contributed by atoms with Crippen molar-refractivity contribution in [1.29, 1.82) is 0 Å². The number of fused-ring (bicyclic) bond motifs is 2. The fourth-order valence-electron chi connectivity index (χ4n) is 4.02. The molecule has 6 heteroatoms. The van der Waals surface area contributed by atoms with E-state index < -0.39 is 0 Å². The van der Waals surface area contributed by atoms with Gasteiger partial charge in [-0.15, -0.1) is 0 Å². The molecule has 2 unspecified atom stereocenters. The first-order valence-electron chi connectivity index (χ1n) is 12.0. The van der Waals surface area contributed by atoms with Crippen LogP contribution in [0.5, 0.6) is 11.5 Å². The maximum atomic E-state index is 12.0. The molecule has 3 aromatic carbocycles. The summed E-state index contributed by atoms with van der Waals surface area (Å²) < 4.78 is 22.9. The number of hydrogen-bond acceptors (Lipinski definition) is 6. The third kappa shape index (κ3) is 5.99. The zero-order valence-electron chi connectivity index (χ0n) is 20.7.